The van der Waals surface area contributed by atoms with E-state index in [2.05, 4.69) is 10.0 Å². The minimum atomic E-state index is -4.71. The van der Waals surface area contributed by atoms with Crippen LogP contribution in [0.25, 0.3) is 0 Å². The molecule has 18 heteroatoms. The second-order valence-corrected chi connectivity index (χ2v) is 15.0. The number of piperazine rings is 2. The van der Waals surface area contributed by atoms with E-state index >= 15 is 0 Å². The lowest BCUT2D eigenvalue weighted by molar-refractivity contribution is -0.137. The number of carbonyl (C=O) groups excluding carboxylic acids is 1. The molecule has 12 nitrogen and oxygen atoms in total. The highest BCUT2D eigenvalue weighted by atomic mass is 32.2. The van der Waals surface area contributed by atoms with Gasteiger partial charge in [-0.15, -0.1) is 0 Å². The highest BCUT2D eigenvalue weighted by molar-refractivity contribution is 7.92. The molecule has 2 N–H and O–H groups in total. The van der Waals surface area contributed by atoms with Crippen LogP contribution in [0.5, 0.6) is 0 Å². The first-order chi connectivity index (χ1) is 22.0. The number of anilines is 2. The van der Waals surface area contributed by atoms with Gasteiger partial charge in [-0.3, -0.25) is 4.72 Å². The van der Waals surface area contributed by atoms with Crippen molar-refractivity contribution < 1.29 is 43.9 Å². The first-order valence-electron chi connectivity index (χ1n) is 15.0. The van der Waals surface area contributed by atoms with Crippen molar-refractivity contribution in [2.24, 2.45) is 0 Å². The van der Waals surface area contributed by atoms with Crippen molar-refractivity contribution >= 4 is 37.7 Å². The maximum atomic E-state index is 13.8. The summed E-state index contributed by atoms with van der Waals surface area (Å²) in [7, 11) is -3.97. The number of hydrogen-bond donors (Lipinski definition) is 2. The van der Waals surface area contributed by atoms with Crippen molar-refractivity contribution in [3.05, 3.63) is 59.4 Å². The Balaban J connectivity index is 0.000000420. The molecule has 2 heterocycles. The Labute approximate surface area is 273 Å². The lowest BCUT2D eigenvalue weighted by Gasteiger charge is -2.36. The van der Waals surface area contributed by atoms with Gasteiger partial charge in [-0.25, -0.2) is 17.6 Å². The zero-order valence-corrected chi connectivity index (χ0v) is 28.2. The van der Waals surface area contributed by atoms with Crippen LogP contribution in [0, 0.1) is 5.82 Å². The van der Waals surface area contributed by atoms with Crippen LogP contribution in [-0.2, 0) is 37.6 Å². The van der Waals surface area contributed by atoms with Crippen LogP contribution >= 0.6 is 0 Å². The monoisotopic (exact) mass is 710 g/mol. The summed E-state index contributed by atoms with van der Waals surface area (Å²) in [5.41, 5.74) is -0.477. The summed E-state index contributed by atoms with van der Waals surface area (Å²) in [5, 5.41) is 3.10. The lowest BCUT2D eigenvalue weighted by Crippen LogP contribution is -2.50. The fourth-order valence-electron chi connectivity index (χ4n) is 4.90. The molecule has 264 valence electrons. The molecule has 0 aliphatic carbocycles. The molecule has 2 saturated heterocycles. The molecule has 2 fully saturated rings. The van der Waals surface area contributed by atoms with Crippen molar-refractivity contribution in [3.8, 4) is 0 Å². The third kappa shape index (κ3) is 11.5. The van der Waals surface area contributed by atoms with Crippen LogP contribution in [0.2, 0.25) is 0 Å². The Hall–Kier alpha value is -3.19. The smallest absolute Gasteiger partial charge is 0.418 e. The number of amides is 1. The predicted molar refractivity (Wildman–Crippen MR) is 171 cm³/mol. The molecule has 0 aromatic heterocycles. The predicted octanol–water partition coefficient (Wildman–Crippen LogP) is 3.20. The third-order valence-electron chi connectivity index (χ3n) is 7.38. The fraction of sp³-hybridized carbons (Fsp3) is 0.552. The van der Waals surface area contributed by atoms with Gasteiger partial charge in [0.05, 0.1) is 17.9 Å². The van der Waals surface area contributed by atoms with Crippen LogP contribution < -0.4 is 14.9 Å². The molecule has 4 rings (SSSR count). The van der Waals surface area contributed by atoms with Crippen LogP contribution in [-0.4, -0.2) is 115 Å². The molecular weight excluding hydrogens is 668 g/mol. The third-order valence-corrected chi connectivity index (χ3v) is 10.7. The Morgan fingerprint density at radius 1 is 0.957 bits per heavy atom. The van der Waals surface area contributed by atoms with E-state index < -0.39 is 43.9 Å². The van der Waals surface area contributed by atoms with Gasteiger partial charge in [0.1, 0.15) is 5.82 Å². The topological polar surface area (TPSA) is 132 Å². The van der Waals surface area contributed by atoms with Crippen LogP contribution in [0.3, 0.4) is 0 Å². The van der Waals surface area contributed by atoms with Crippen LogP contribution in [0.15, 0.2) is 42.5 Å². The number of sulfonamides is 1. The molecule has 0 spiro atoms. The molecule has 2 aliphatic heterocycles. The van der Waals surface area contributed by atoms with E-state index in [1.54, 1.807) is 33.2 Å². The van der Waals surface area contributed by atoms with Crippen molar-refractivity contribution in [2.45, 2.75) is 25.9 Å². The van der Waals surface area contributed by atoms with Crippen molar-refractivity contribution in [1.82, 2.24) is 18.8 Å². The van der Waals surface area contributed by atoms with Gasteiger partial charge in [0.15, 0.2) is 0 Å². The van der Waals surface area contributed by atoms with E-state index in [-0.39, 0.29) is 56.3 Å². The minimum absolute atomic E-state index is 0.0831. The molecule has 0 unspecified atom stereocenters. The number of nitrogens with zero attached hydrogens (tertiary/aromatic N) is 4. The van der Waals surface area contributed by atoms with Gasteiger partial charge < -0.3 is 19.9 Å². The highest BCUT2D eigenvalue weighted by Crippen LogP contribution is 2.39. The van der Waals surface area contributed by atoms with Gasteiger partial charge in [0.2, 0.25) is 10.0 Å². The summed E-state index contributed by atoms with van der Waals surface area (Å²) < 4.78 is 112. The zero-order chi connectivity index (χ0) is 34.8. The number of hydrogen-bond acceptors (Lipinski definition) is 8. The maximum absolute atomic E-state index is 13.8. The number of halogens is 4. The zero-order valence-electron chi connectivity index (χ0n) is 26.6. The molecular formula is C29H42F4N6O6S2. The van der Waals surface area contributed by atoms with E-state index in [1.165, 1.54) is 42.7 Å². The van der Waals surface area contributed by atoms with Crippen molar-refractivity contribution in [2.75, 3.05) is 88.4 Å². The van der Waals surface area contributed by atoms with E-state index in [0.717, 1.165) is 24.7 Å². The maximum Gasteiger partial charge on any atom is 0.418 e. The molecule has 0 saturated carbocycles. The standard InChI is InChI=1S/C23H27F4N3O4S.C6H15N3O2S/c1-2-34-22(31)30-13-11-29(12-14-30)21-10-9-19(16-20(21)23(25,26)27)28-35(32,33)15-3-4-17-5-7-18(24)8-6-17;1-8(2)12(10,11)9-5-3-7-4-6-9/h5-10,16,28H,2-4,11-15H2,1H3;7H,3-6H2,1-2H3. The summed E-state index contributed by atoms with van der Waals surface area (Å²) in [6.07, 6.45) is -4.62. The van der Waals surface area contributed by atoms with Gasteiger partial charge in [0, 0.05) is 77.8 Å². The Morgan fingerprint density at radius 3 is 2.13 bits per heavy atom. The van der Waals surface area contributed by atoms with E-state index in [9.17, 15) is 39.2 Å². The molecule has 0 radical (unpaired) electrons. The normalized spacial score (nSPS) is 16.4. The first kappa shape index (κ1) is 38.3. The summed E-state index contributed by atoms with van der Waals surface area (Å²) in [5.74, 6) is -0.698. The Bertz CT molecular complexity index is 1530. The molecule has 0 bridgehead atoms. The van der Waals surface area contributed by atoms with Gasteiger partial charge in [-0.05, 0) is 55.7 Å². The molecule has 2 aromatic rings. The summed E-state index contributed by atoms with van der Waals surface area (Å²) in [4.78, 5) is 14.8. The van der Waals surface area contributed by atoms with E-state index in [1.807, 2.05) is 0 Å². The van der Waals surface area contributed by atoms with E-state index in [0.29, 0.717) is 19.5 Å². The SMILES string of the molecule is CCOC(=O)N1CCN(c2ccc(NS(=O)(=O)CCCc3ccc(F)cc3)cc2C(F)(F)F)CC1.CN(C)S(=O)(=O)N1CCNCC1. The van der Waals surface area contributed by atoms with Gasteiger partial charge in [-0.2, -0.15) is 30.2 Å². The van der Waals surface area contributed by atoms with Crippen molar-refractivity contribution in [1.29, 1.82) is 0 Å². The fourth-order valence-corrected chi connectivity index (χ4v) is 7.12. The molecule has 2 aromatic carbocycles. The number of carbonyl (C=O) groups is 1. The van der Waals surface area contributed by atoms with Crippen molar-refractivity contribution in [3.63, 3.8) is 0 Å². The first-order valence-corrected chi connectivity index (χ1v) is 18.1. The van der Waals surface area contributed by atoms with Gasteiger partial charge in [-0.1, -0.05) is 12.1 Å². The number of nitrogens with one attached hydrogen (secondary N) is 2. The van der Waals surface area contributed by atoms with E-state index in [4.69, 9.17) is 4.74 Å². The lowest BCUT2D eigenvalue weighted by atomic mass is 10.1. The molecule has 0 atom stereocenters. The average Bonchev–Trinajstić information content (AvgIpc) is 3.02. The summed E-state index contributed by atoms with van der Waals surface area (Å²) in [6, 6.07) is 8.97. The minimum Gasteiger partial charge on any atom is -0.450 e. The molecule has 1 amide bonds. The second-order valence-electron chi connectivity index (χ2n) is 11.0. The number of rotatable bonds is 10. The van der Waals surface area contributed by atoms with Gasteiger partial charge in [0.25, 0.3) is 10.2 Å². The average molecular weight is 711 g/mol. The van der Waals surface area contributed by atoms with Crippen LogP contribution in [0.1, 0.15) is 24.5 Å². The summed E-state index contributed by atoms with van der Waals surface area (Å²) in [6.45, 7) is 5.27. The number of benzene rings is 2. The highest BCUT2D eigenvalue weighted by Gasteiger charge is 2.36. The van der Waals surface area contributed by atoms with Crippen LogP contribution in [0.4, 0.5) is 33.7 Å². The van der Waals surface area contributed by atoms with Gasteiger partial charge >= 0.3 is 12.3 Å². The molecule has 2 aliphatic rings. The second kappa shape index (κ2) is 16.8. The summed E-state index contributed by atoms with van der Waals surface area (Å²) >= 11 is 0. The largest absolute Gasteiger partial charge is 0.450 e. The molecule has 47 heavy (non-hydrogen) atoms. The number of aryl methyl sites for hydroxylation is 1. The number of ether oxygens (including phenoxy) is 1. The Morgan fingerprint density at radius 2 is 1.57 bits per heavy atom. The number of alkyl halides is 3. The Kier molecular flexibility index (Phi) is 13.6. The quantitative estimate of drug-likeness (QED) is 0.360.